The summed E-state index contributed by atoms with van der Waals surface area (Å²) in [6.45, 7) is 2.59. The highest BCUT2D eigenvalue weighted by molar-refractivity contribution is 9.10. The summed E-state index contributed by atoms with van der Waals surface area (Å²) in [5, 5.41) is 9.96. The maximum Gasteiger partial charge on any atom is 0.341 e. The van der Waals surface area contributed by atoms with Crippen LogP contribution in [0.5, 0.6) is 5.75 Å². The second-order valence-corrected chi connectivity index (χ2v) is 6.36. The minimum atomic E-state index is -0.566. The van der Waals surface area contributed by atoms with Crippen LogP contribution < -0.4 is 5.73 Å². The van der Waals surface area contributed by atoms with Crippen molar-refractivity contribution in [1.82, 2.24) is 19.5 Å². The minimum absolute atomic E-state index is 0.122. The Labute approximate surface area is 151 Å². The van der Waals surface area contributed by atoms with Gasteiger partial charge in [0, 0.05) is 6.54 Å². The number of aromatic nitrogens is 4. The third-order valence-electron chi connectivity index (χ3n) is 3.63. The van der Waals surface area contributed by atoms with E-state index in [2.05, 4.69) is 30.9 Å². The van der Waals surface area contributed by atoms with Gasteiger partial charge in [-0.05, 0) is 47.0 Å². The number of carbonyl (C=O) groups excluding carboxylic acids is 1. The van der Waals surface area contributed by atoms with Gasteiger partial charge in [0.1, 0.15) is 23.2 Å². The molecule has 0 unspecified atom stereocenters. The van der Waals surface area contributed by atoms with Gasteiger partial charge in [-0.1, -0.05) is 0 Å². The molecule has 3 rings (SSSR count). The molecule has 0 saturated carbocycles. The summed E-state index contributed by atoms with van der Waals surface area (Å²) in [6, 6.07) is 3.31. The van der Waals surface area contributed by atoms with Gasteiger partial charge < -0.3 is 20.1 Å². The van der Waals surface area contributed by atoms with Gasteiger partial charge in [0.25, 0.3) is 0 Å². The fourth-order valence-electron chi connectivity index (χ4n) is 2.43. The Hall–Kier alpha value is -2.68. The average molecular weight is 406 g/mol. The summed E-state index contributed by atoms with van der Waals surface area (Å²) in [5.41, 5.74) is 7.92. The largest absolute Gasteiger partial charge is 0.506 e. The minimum Gasteiger partial charge on any atom is -0.506 e. The van der Waals surface area contributed by atoms with Gasteiger partial charge in [-0.3, -0.25) is 0 Å². The van der Waals surface area contributed by atoms with Crippen LogP contribution in [0.3, 0.4) is 0 Å². The predicted molar refractivity (Wildman–Crippen MR) is 95.2 cm³/mol. The molecule has 0 saturated heterocycles. The molecule has 0 aliphatic heterocycles. The van der Waals surface area contributed by atoms with E-state index in [4.69, 9.17) is 10.5 Å². The molecule has 0 radical (unpaired) electrons. The first-order chi connectivity index (χ1) is 12.0. The maximum atomic E-state index is 12.1. The van der Waals surface area contributed by atoms with Gasteiger partial charge in [0.05, 0.1) is 17.4 Å². The molecule has 25 heavy (non-hydrogen) atoms. The quantitative estimate of drug-likeness (QED) is 0.494. The molecule has 0 amide bonds. The SMILES string of the molecule is Cc1cc(Br)c(O)c(C(=O)OCCCn2cnc3c(N)ncnc32)c1. The summed E-state index contributed by atoms with van der Waals surface area (Å²) in [6.07, 6.45) is 3.57. The number of phenols is 1. The highest BCUT2D eigenvalue weighted by Crippen LogP contribution is 2.29. The van der Waals surface area contributed by atoms with Crippen molar-refractivity contribution in [2.45, 2.75) is 19.9 Å². The number of phenolic OH excluding ortho intramolecular Hbond substituents is 1. The lowest BCUT2D eigenvalue weighted by Crippen LogP contribution is -2.09. The van der Waals surface area contributed by atoms with Crippen LogP contribution >= 0.6 is 15.9 Å². The summed E-state index contributed by atoms with van der Waals surface area (Å²) in [5.74, 6) is -0.358. The number of nitrogens with two attached hydrogens (primary N) is 1. The van der Waals surface area contributed by atoms with Gasteiger partial charge in [-0.2, -0.15) is 0 Å². The molecule has 3 aromatic rings. The van der Waals surface area contributed by atoms with Crippen LogP contribution in [-0.4, -0.2) is 37.2 Å². The third kappa shape index (κ3) is 3.55. The van der Waals surface area contributed by atoms with Crippen LogP contribution in [0.4, 0.5) is 5.82 Å². The summed E-state index contributed by atoms with van der Waals surface area (Å²) in [4.78, 5) is 24.4. The van der Waals surface area contributed by atoms with Crippen molar-refractivity contribution in [2.75, 3.05) is 12.3 Å². The lowest BCUT2D eigenvalue weighted by molar-refractivity contribution is 0.0492. The number of carbonyl (C=O) groups is 1. The molecule has 0 aliphatic rings. The second kappa shape index (κ2) is 7.06. The normalized spacial score (nSPS) is 11.0. The van der Waals surface area contributed by atoms with Crippen LogP contribution in [0.2, 0.25) is 0 Å². The fourth-order valence-corrected chi connectivity index (χ4v) is 3.00. The average Bonchev–Trinajstić information content (AvgIpc) is 2.99. The molecule has 0 aliphatic carbocycles. The molecule has 3 N–H and O–H groups in total. The Kier molecular flexibility index (Phi) is 4.84. The molecule has 0 bridgehead atoms. The van der Waals surface area contributed by atoms with E-state index >= 15 is 0 Å². The number of hydrogen-bond acceptors (Lipinski definition) is 7. The lowest BCUT2D eigenvalue weighted by Gasteiger charge is -2.09. The first-order valence-electron chi connectivity index (χ1n) is 7.55. The zero-order valence-corrected chi connectivity index (χ0v) is 15.0. The molecule has 2 heterocycles. The topological polar surface area (TPSA) is 116 Å². The van der Waals surface area contributed by atoms with Crippen LogP contribution in [0.25, 0.3) is 11.2 Å². The first kappa shape index (κ1) is 17.2. The van der Waals surface area contributed by atoms with Crippen LogP contribution in [0.1, 0.15) is 22.3 Å². The fraction of sp³-hybridized carbons (Fsp3) is 0.250. The van der Waals surface area contributed by atoms with E-state index in [0.717, 1.165) is 5.56 Å². The smallest absolute Gasteiger partial charge is 0.341 e. The monoisotopic (exact) mass is 405 g/mol. The highest BCUT2D eigenvalue weighted by atomic mass is 79.9. The molecule has 0 atom stereocenters. The number of aromatic hydroxyl groups is 1. The van der Waals surface area contributed by atoms with Crippen molar-refractivity contribution in [3.63, 3.8) is 0 Å². The number of ether oxygens (including phenoxy) is 1. The van der Waals surface area contributed by atoms with Crippen LogP contribution in [-0.2, 0) is 11.3 Å². The number of rotatable bonds is 5. The molecule has 8 nitrogen and oxygen atoms in total. The van der Waals surface area contributed by atoms with Crippen LogP contribution in [0.15, 0.2) is 29.3 Å². The van der Waals surface area contributed by atoms with E-state index < -0.39 is 5.97 Å². The summed E-state index contributed by atoms with van der Waals surface area (Å²) < 4.78 is 7.52. The van der Waals surface area contributed by atoms with Crippen molar-refractivity contribution in [3.8, 4) is 5.75 Å². The Morgan fingerprint density at radius 2 is 2.16 bits per heavy atom. The number of aryl methyl sites for hydroxylation is 2. The lowest BCUT2D eigenvalue weighted by atomic mass is 10.1. The van der Waals surface area contributed by atoms with Crippen molar-refractivity contribution < 1.29 is 14.6 Å². The number of halogens is 1. The standard InChI is InChI=1S/C16H16BrN5O3/c1-9-5-10(13(23)11(17)6-9)16(24)25-4-2-3-22-8-21-12-14(18)19-7-20-15(12)22/h5-8,23H,2-4H2,1H3,(H2,18,19,20). The number of fused-ring (bicyclic) bond motifs is 1. The van der Waals surface area contributed by atoms with Gasteiger partial charge in [-0.25, -0.2) is 19.7 Å². The van der Waals surface area contributed by atoms with Crippen molar-refractivity contribution in [3.05, 3.63) is 40.4 Å². The molecule has 1 aromatic carbocycles. The number of hydrogen-bond donors (Lipinski definition) is 2. The third-order valence-corrected chi connectivity index (χ3v) is 4.24. The number of nitrogens with zero attached hydrogens (tertiary/aromatic N) is 4. The first-order valence-corrected chi connectivity index (χ1v) is 8.34. The second-order valence-electron chi connectivity index (χ2n) is 5.50. The Balaban J connectivity index is 1.60. The molecule has 130 valence electrons. The zero-order chi connectivity index (χ0) is 18.0. The van der Waals surface area contributed by atoms with E-state index in [1.807, 2.05) is 11.5 Å². The van der Waals surface area contributed by atoms with E-state index in [9.17, 15) is 9.90 Å². The number of imidazole rings is 1. The summed E-state index contributed by atoms with van der Waals surface area (Å²) in [7, 11) is 0. The van der Waals surface area contributed by atoms with E-state index in [1.54, 1.807) is 18.5 Å². The highest BCUT2D eigenvalue weighted by Gasteiger charge is 2.16. The molecular formula is C16H16BrN5O3. The van der Waals surface area contributed by atoms with E-state index in [1.165, 1.54) is 6.33 Å². The molecule has 9 heteroatoms. The molecular weight excluding hydrogens is 390 g/mol. The van der Waals surface area contributed by atoms with Crippen molar-refractivity contribution in [1.29, 1.82) is 0 Å². The predicted octanol–water partition coefficient (Wildman–Crippen LogP) is 2.43. The Morgan fingerprint density at radius 1 is 1.36 bits per heavy atom. The van der Waals surface area contributed by atoms with Gasteiger partial charge >= 0.3 is 5.97 Å². The van der Waals surface area contributed by atoms with E-state index in [-0.39, 0.29) is 17.9 Å². The number of esters is 1. The van der Waals surface area contributed by atoms with Gasteiger partial charge in [-0.15, -0.1) is 0 Å². The Bertz CT molecular complexity index is 941. The Morgan fingerprint density at radius 3 is 2.96 bits per heavy atom. The number of anilines is 1. The summed E-state index contributed by atoms with van der Waals surface area (Å²) >= 11 is 3.21. The number of benzene rings is 1. The van der Waals surface area contributed by atoms with Gasteiger partial charge in [0.15, 0.2) is 11.5 Å². The number of nitrogen functional groups attached to an aromatic ring is 1. The molecule has 0 spiro atoms. The molecule has 0 fully saturated rings. The zero-order valence-electron chi connectivity index (χ0n) is 13.4. The van der Waals surface area contributed by atoms with Crippen molar-refractivity contribution >= 4 is 38.9 Å². The van der Waals surface area contributed by atoms with E-state index in [0.29, 0.717) is 34.4 Å². The maximum absolute atomic E-state index is 12.1. The van der Waals surface area contributed by atoms with Crippen molar-refractivity contribution in [2.24, 2.45) is 0 Å². The molecule has 2 aromatic heterocycles. The van der Waals surface area contributed by atoms with Gasteiger partial charge in [0.2, 0.25) is 0 Å². The van der Waals surface area contributed by atoms with Crippen LogP contribution in [0, 0.1) is 6.92 Å².